The van der Waals surface area contributed by atoms with E-state index in [1.165, 1.54) is 11.8 Å². The summed E-state index contributed by atoms with van der Waals surface area (Å²) in [6.45, 7) is 2.03. The standard InChI is InChI=1S/C25H29N3O2S/c1-27(2)21-12-9-19(10-13-21)16-28(17-22-7-5-15-30-22)25(29)18-31-24-14-11-20-6-3-4-8-23(20)26-24/h3-4,6,8-14,22H,5,7,15-18H2,1-2H3/t22-/m0/s1. The van der Waals surface area contributed by atoms with Crippen LogP contribution < -0.4 is 4.90 Å². The second-order valence-corrected chi connectivity index (χ2v) is 9.10. The van der Waals surface area contributed by atoms with Crippen molar-refractivity contribution >= 4 is 34.3 Å². The molecule has 4 rings (SSSR count). The maximum absolute atomic E-state index is 13.2. The molecule has 162 valence electrons. The highest BCUT2D eigenvalue weighted by atomic mass is 32.2. The van der Waals surface area contributed by atoms with Crippen molar-refractivity contribution in [2.45, 2.75) is 30.5 Å². The Kier molecular flexibility index (Phi) is 7.10. The molecule has 1 aliphatic heterocycles. The molecular weight excluding hydrogens is 406 g/mol. The summed E-state index contributed by atoms with van der Waals surface area (Å²) in [4.78, 5) is 21.9. The molecule has 1 saturated heterocycles. The number of amides is 1. The van der Waals surface area contributed by atoms with Crippen LogP contribution in [0.15, 0.2) is 65.7 Å². The van der Waals surface area contributed by atoms with Crippen LogP contribution in [0.25, 0.3) is 10.9 Å². The lowest BCUT2D eigenvalue weighted by Gasteiger charge is -2.26. The van der Waals surface area contributed by atoms with E-state index in [9.17, 15) is 4.79 Å². The minimum absolute atomic E-state index is 0.118. The lowest BCUT2D eigenvalue weighted by atomic mass is 10.1. The third-order valence-electron chi connectivity index (χ3n) is 5.54. The van der Waals surface area contributed by atoms with Gasteiger partial charge >= 0.3 is 0 Å². The van der Waals surface area contributed by atoms with Gasteiger partial charge in [-0.15, -0.1) is 0 Å². The van der Waals surface area contributed by atoms with Crippen molar-refractivity contribution in [3.8, 4) is 0 Å². The predicted molar refractivity (Wildman–Crippen MR) is 128 cm³/mol. The summed E-state index contributed by atoms with van der Waals surface area (Å²) in [5.74, 6) is 0.487. The Morgan fingerprint density at radius 1 is 1.10 bits per heavy atom. The van der Waals surface area contributed by atoms with Crippen LogP contribution in [-0.2, 0) is 16.1 Å². The Labute approximate surface area is 188 Å². The number of carbonyl (C=O) groups is 1. The van der Waals surface area contributed by atoms with Gasteiger partial charge in [-0.2, -0.15) is 0 Å². The summed E-state index contributed by atoms with van der Waals surface area (Å²) in [7, 11) is 4.06. The molecule has 1 aromatic heterocycles. The number of hydrogen-bond donors (Lipinski definition) is 0. The molecule has 0 radical (unpaired) electrons. The fourth-order valence-corrected chi connectivity index (χ4v) is 4.54. The smallest absolute Gasteiger partial charge is 0.233 e. The molecule has 5 nitrogen and oxygen atoms in total. The number of thioether (sulfide) groups is 1. The maximum atomic E-state index is 13.2. The van der Waals surface area contributed by atoms with E-state index in [-0.39, 0.29) is 12.0 Å². The summed E-state index contributed by atoms with van der Waals surface area (Å²) in [5.41, 5.74) is 3.24. The first kappa shape index (κ1) is 21.7. The summed E-state index contributed by atoms with van der Waals surface area (Å²) >= 11 is 1.50. The molecule has 6 heteroatoms. The topological polar surface area (TPSA) is 45.7 Å². The average molecular weight is 436 g/mol. The summed E-state index contributed by atoms with van der Waals surface area (Å²) in [6.07, 6.45) is 2.22. The molecule has 0 aliphatic carbocycles. The minimum Gasteiger partial charge on any atom is -0.378 e. The summed E-state index contributed by atoms with van der Waals surface area (Å²) in [6, 6.07) is 20.5. The van der Waals surface area contributed by atoms with Crippen molar-refractivity contribution in [2.75, 3.05) is 37.9 Å². The lowest BCUT2D eigenvalue weighted by molar-refractivity contribution is -0.130. The van der Waals surface area contributed by atoms with Gasteiger partial charge in [-0.05, 0) is 42.7 Å². The lowest BCUT2D eigenvalue weighted by Crippen LogP contribution is -2.38. The van der Waals surface area contributed by atoms with E-state index >= 15 is 0 Å². The Morgan fingerprint density at radius 3 is 2.65 bits per heavy atom. The molecule has 1 amide bonds. The highest BCUT2D eigenvalue weighted by Crippen LogP contribution is 2.22. The Hall–Kier alpha value is -2.57. The number of hydrogen-bond acceptors (Lipinski definition) is 5. The Balaban J connectivity index is 1.43. The van der Waals surface area contributed by atoms with E-state index in [1.54, 1.807) is 0 Å². The average Bonchev–Trinajstić information content (AvgIpc) is 3.30. The molecule has 31 heavy (non-hydrogen) atoms. The first-order valence-electron chi connectivity index (χ1n) is 10.7. The number of anilines is 1. The normalized spacial score (nSPS) is 15.9. The number of carbonyl (C=O) groups excluding carboxylic acids is 1. The molecule has 0 unspecified atom stereocenters. The molecule has 0 N–H and O–H groups in total. The van der Waals surface area contributed by atoms with Gasteiger partial charge in [-0.1, -0.05) is 48.2 Å². The van der Waals surface area contributed by atoms with E-state index in [4.69, 9.17) is 4.74 Å². The van der Waals surface area contributed by atoms with Crippen molar-refractivity contribution in [3.05, 3.63) is 66.2 Å². The second-order valence-electron chi connectivity index (χ2n) is 8.10. The molecule has 0 bridgehead atoms. The van der Waals surface area contributed by atoms with Gasteiger partial charge in [0.1, 0.15) is 0 Å². The first-order valence-corrected chi connectivity index (χ1v) is 11.7. The zero-order valence-corrected chi connectivity index (χ0v) is 19.0. The molecular formula is C25H29N3O2S. The highest BCUT2D eigenvalue weighted by Gasteiger charge is 2.23. The largest absolute Gasteiger partial charge is 0.378 e. The van der Waals surface area contributed by atoms with Gasteiger partial charge in [0.25, 0.3) is 0 Å². The molecule has 0 spiro atoms. The monoisotopic (exact) mass is 435 g/mol. The van der Waals surface area contributed by atoms with Crippen molar-refractivity contribution in [1.82, 2.24) is 9.88 Å². The molecule has 2 heterocycles. The van der Waals surface area contributed by atoms with Crippen LogP contribution >= 0.6 is 11.8 Å². The maximum Gasteiger partial charge on any atom is 0.233 e. The van der Waals surface area contributed by atoms with Gasteiger partial charge in [0, 0.05) is 44.9 Å². The van der Waals surface area contributed by atoms with Crippen LogP contribution in [0.2, 0.25) is 0 Å². The fourth-order valence-electron chi connectivity index (χ4n) is 3.76. The molecule has 3 aromatic rings. The zero-order chi connectivity index (χ0) is 21.6. The second kappa shape index (κ2) is 10.2. The number of pyridine rings is 1. The summed E-state index contributed by atoms with van der Waals surface area (Å²) < 4.78 is 5.81. The minimum atomic E-state index is 0.118. The third-order valence-corrected chi connectivity index (χ3v) is 6.46. The van der Waals surface area contributed by atoms with Gasteiger partial charge < -0.3 is 14.5 Å². The van der Waals surface area contributed by atoms with Crippen molar-refractivity contribution in [3.63, 3.8) is 0 Å². The number of fused-ring (bicyclic) bond motifs is 1. The molecule has 1 atom stereocenters. The third kappa shape index (κ3) is 5.77. The number of aromatic nitrogens is 1. The Morgan fingerprint density at radius 2 is 1.90 bits per heavy atom. The van der Waals surface area contributed by atoms with E-state index in [0.717, 1.165) is 46.6 Å². The highest BCUT2D eigenvalue weighted by molar-refractivity contribution is 7.99. The van der Waals surface area contributed by atoms with Gasteiger partial charge in [0.2, 0.25) is 5.91 Å². The number of ether oxygens (including phenoxy) is 1. The van der Waals surface area contributed by atoms with E-state index in [2.05, 4.69) is 40.2 Å². The van der Waals surface area contributed by atoms with Gasteiger partial charge in [-0.25, -0.2) is 4.98 Å². The number of nitrogens with zero attached hydrogens (tertiary/aromatic N) is 3. The Bertz CT molecular complexity index is 1020. The van der Waals surface area contributed by atoms with E-state index in [1.807, 2.05) is 49.3 Å². The predicted octanol–water partition coefficient (Wildman–Crippen LogP) is 4.60. The number of benzene rings is 2. The first-order chi connectivity index (χ1) is 15.1. The van der Waals surface area contributed by atoms with Crippen LogP contribution in [0.3, 0.4) is 0 Å². The zero-order valence-electron chi connectivity index (χ0n) is 18.2. The number of para-hydroxylation sites is 1. The molecule has 1 fully saturated rings. The molecule has 0 saturated carbocycles. The van der Waals surface area contributed by atoms with E-state index < -0.39 is 0 Å². The SMILES string of the molecule is CN(C)c1ccc(CN(C[C@@H]2CCCO2)C(=O)CSc2ccc3ccccc3n2)cc1. The van der Waals surface area contributed by atoms with Crippen LogP contribution in [-0.4, -0.2) is 54.9 Å². The van der Waals surface area contributed by atoms with Crippen LogP contribution in [0, 0.1) is 0 Å². The van der Waals surface area contributed by atoms with Crippen LogP contribution in [0.5, 0.6) is 0 Å². The van der Waals surface area contributed by atoms with Crippen molar-refractivity contribution < 1.29 is 9.53 Å². The van der Waals surface area contributed by atoms with Gasteiger partial charge in [0.05, 0.1) is 22.4 Å². The molecule has 2 aromatic carbocycles. The van der Waals surface area contributed by atoms with Crippen LogP contribution in [0.4, 0.5) is 5.69 Å². The van der Waals surface area contributed by atoms with Gasteiger partial charge in [-0.3, -0.25) is 4.79 Å². The van der Waals surface area contributed by atoms with Crippen LogP contribution in [0.1, 0.15) is 18.4 Å². The van der Waals surface area contributed by atoms with Gasteiger partial charge in [0.15, 0.2) is 0 Å². The number of rotatable bonds is 8. The van der Waals surface area contributed by atoms with Crippen molar-refractivity contribution in [2.24, 2.45) is 0 Å². The van der Waals surface area contributed by atoms with Crippen molar-refractivity contribution in [1.29, 1.82) is 0 Å². The van der Waals surface area contributed by atoms with E-state index in [0.29, 0.717) is 18.8 Å². The molecule has 1 aliphatic rings. The quantitative estimate of drug-likeness (QED) is 0.484. The fraction of sp³-hybridized carbons (Fsp3) is 0.360. The summed E-state index contributed by atoms with van der Waals surface area (Å²) in [5, 5.41) is 1.99.